The van der Waals surface area contributed by atoms with Crippen molar-refractivity contribution in [2.24, 2.45) is 0 Å². The molecule has 3 aromatic carbocycles. The third-order valence-corrected chi connectivity index (χ3v) is 7.81. The minimum Gasteiger partial charge on any atom is -0.484 e. The Bertz CT molecular complexity index is 1230. The second-order valence-corrected chi connectivity index (χ2v) is 10.7. The molecule has 2 amide bonds. The predicted octanol–water partition coefficient (Wildman–Crippen LogP) is 6.77. The number of nitrogens with one attached hydrogen (secondary N) is 1. The van der Waals surface area contributed by atoms with Gasteiger partial charge in [0.15, 0.2) is 6.61 Å². The van der Waals surface area contributed by atoms with E-state index in [1.165, 1.54) is 6.42 Å². The zero-order valence-corrected chi connectivity index (χ0v) is 23.2. The molecule has 0 bridgehead atoms. The van der Waals surface area contributed by atoms with Crippen molar-refractivity contribution in [3.05, 3.63) is 99.5 Å². The Labute approximate surface area is 235 Å². The number of benzene rings is 3. The van der Waals surface area contributed by atoms with Crippen LogP contribution in [0.5, 0.6) is 5.75 Å². The molecule has 7 heteroatoms. The molecule has 0 unspecified atom stereocenters. The lowest BCUT2D eigenvalue weighted by Crippen LogP contribution is -2.53. The van der Waals surface area contributed by atoms with Crippen LogP contribution in [0.1, 0.15) is 48.8 Å². The van der Waals surface area contributed by atoms with Crippen LogP contribution in [0.4, 0.5) is 0 Å². The molecule has 0 aliphatic heterocycles. The largest absolute Gasteiger partial charge is 0.484 e. The Kier molecular flexibility index (Phi) is 10.1. The van der Waals surface area contributed by atoms with Gasteiger partial charge in [-0.25, -0.2) is 0 Å². The maximum absolute atomic E-state index is 13.8. The van der Waals surface area contributed by atoms with Crippen LogP contribution in [0.15, 0.2) is 72.8 Å². The lowest BCUT2D eigenvalue weighted by molar-refractivity contribution is -0.143. The van der Waals surface area contributed by atoms with E-state index < -0.39 is 6.04 Å². The highest BCUT2D eigenvalue weighted by atomic mass is 35.5. The second kappa shape index (κ2) is 13.7. The Balaban J connectivity index is 1.62. The predicted molar refractivity (Wildman–Crippen MR) is 153 cm³/mol. The summed E-state index contributed by atoms with van der Waals surface area (Å²) in [7, 11) is 0. The molecule has 4 rings (SSSR count). The Morgan fingerprint density at radius 1 is 0.947 bits per heavy atom. The van der Waals surface area contributed by atoms with E-state index in [0.717, 1.165) is 42.4 Å². The maximum Gasteiger partial charge on any atom is 0.261 e. The molecule has 1 fully saturated rings. The molecule has 38 heavy (non-hydrogen) atoms. The Hall–Kier alpha value is -3.02. The van der Waals surface area contributed by atoms with Gasteiger partial charge in [0.25, 0.3) is 5.91 Å². The van der Waals surface area contributed by atoms with Crippen molar-refractivity contribution in [1.82, 2.24) is 10.2 Å². The van der Waals surface area contributed by atoms with Gasteiger partial charge in [0.1, 0.15) is 11.8 Å². The summed E-state index contributed by atoms with van der Waals surface area (Å²) in [6, 6.07) is 21.9. The zero-order valence-electron chi connectivity index (χ0n) is 21.7. The highest BCUT2D eigenvalue weighted by Crippen LogP contribution is 2.24. The number of ether oxygens (including phenoxy) is 1. The molecule has 1 aliphatic carbocycles. The molecule has 0 aromatic heterocycles. The van der Waals surface area contributed by atoms with Crippen LogP contribution < -0.4 is 10.1 Å². The van der Waals surface area contributed by atoms with E-state index in [2.05, 4.69) is 5.32 Å². The number of hydrogen-bond donors (Lipinski definition) is 1. The second-order valence-electron chi connectivity index (χ2n) is 9.86. The summed E-state index contributed by atoms with van der Waals surface area (Å²) in [5.74, 6) is 0.102. The SMILES string of the molecule is Cc1cc(OCC(=O)N(Cc2ccccc2Cl)[C@@H](Cc2ccccc2)C(=O)NC2CCCCC2)ccc1Cl. The number of halogens is 2. The standard InChI is InChI=1S/C31H34Cl2N2O3/c1-22-18-26(16-17-27(22)32)38-21-30(36)35(20-24-12-8-9-15-28(24)33)29(19-23-10-4-2-5-11-23)31(37)34-25-13-6-3-7-14-25/h2,4-5,8-12,15-18,25,29H,3,6-7,13-14,19-21H2,1H3,(H,34,37)/t29-/m0/s1. The summed E-state index contributed by atoms with van der Waals surface area (Å²) >= 11 is 12.6. The van der Waals surface area contributed by atoms with Gasteiger partial charge in [-0.1, -0.05) is 91.0 Å². The van der Waals surface area contributed by atoms with Crippen molar-refractivity contribution in [3.63, 3.8) is 0 Å². The first-order valence-corrected chi connectivity index (χ1v) is 13.9. The van der Waals surface area contributed by atoms with Gasteiger partial charge in [0.2, 0.25) is 5.91 Å². The number of nitrogens with zero attached hydrogens (tertiary/aromatic N) is 1. The molecule has 3 aromatic rings. The maximum atomic E-state index is 13.8. The van der Waals surface area contributed by atoms with Gasteiger partial charge >= 0.3 is 0 Å². The van der Waals surface area contributed by atoms with Gasteiger partial charge in [0.05, 0.1) is 0 Å². The molecule has 1 N–H and O–H groups in total. The first-order chi connectivity index (χ1) is 18.4. The fraction of sp³-hybridized carbons (Fsp3) is 0.355. The van der Waals surface area contributed by atoms with E-state index in [4.69, 9.17) is 27.9 Å². The molecule has 1 saturated carbocycles. The van der Waals surface area contributed by atoms with Gasteiger partial charge in [-0.3, -0.25) is 9.59 Å². The quantitative estimate of drug-likeness (QED) is 0.302. The number of carbonyl (C=O) groups excluding carboxylic acids is 2. The van der Waals surface area contributed by atoms with Crippen LogP contribution in [0, 0.1) is 6.92 Å². The lowest BCUT2D eigenvalue weighted by atomic mass is 9.94. The summed E-state index contributed by atoms with van der Waals surface area (Å²) in [5, 5.41) is 4.42. The van der Waals surface area contributed by atoms with Crippen molar-refractivity contribution in [2.75, 3.05) is 6.61 Å². The first-order valence-electron chi connectivity index (χ1n) is 13.2. The van der Waals surface area contributed by atoms with Crippen LogP contribution in [-0.2, 0) is 22.6 Å². The third-order valence-electron chi connectivity index (χ3n) is 7.01. The topological polar surface area (TPSA) is 58.6 Å². The molecular formula is C31H34Cl2N2O3. The average molecular weight is 554 g/mol. The molecule has 5 nitrogen and oxygen atoms in total. The smallest absolute Gasteiger partial charge is 0.261 e. The van der Waals surface area contributed by atoms with E-state index in [-0.39, 0.29) is 31.0 Å². The van der Waals surface area contributed by atoms with Crippen molar-refractivity contribution in [3.8, 4) is 5.75 Å². The summed E-state index contributed by atoms with van der Waals surface area (Å²) < 4.78 is 5.87. The zero-order chi connectivity index (χ0) is 26.9. The fourth-order valence-corrected chi connectivity index (χ4v) is 5.16. The molecule has 1 aliphatic rings. The average Bonchev–Trinajstić information content (AvgIpc) is 2.93. The molecule has 200 valence electrons. The first kappa shape index (κ1) is 28.0. The molecule has 0 radical (unpaired) electrons. The number of rotatable bonds is 10. The van der Waals surface area contributed by atoms with Crippen LogP contribution in [-0.4, -0.2) is 35.4 Å². The van der Waals surface area contributed by atoms with Gasteiger partial charge in [-0.05, 0) is 60.7 Å². The molecule has 0 spiro atoms. The Morgan fingerprint density at radius 2 is 1.66 bits per heavy atom. The highest BCUT2D eigenvalue weighted by Gasteiger charge is 2.32. The van der Waals surface area contributed by atoms with Gasteiger partial charge in [-0.2, -0.15) is 0 Å². The van der Waals surface area contributed by atoms with Crippen molar-refractivity contribution >= 4 is 35.0 Å². The van der Waals surface area contributed by atoms with Crippen LogP contribution in [0.2, 0.25) is 10.0 Å². The number of carbonyl (C=O) groups is 2. The van der Waals surface area contributed by atoms with Crippen LogP contribution in [0.25, 0.3) is 0 Å². The summed E-state index contributed by atoms with van der Waals surface area (Å²) in [6.07, 6.45) is 5.70. The van der Waals surface area contributed by atoms with Gasteiger partial charge < -0.3 is 15.0 Å². The minimum atomic E-state index is -0.723. The van der Waals surface area contributed by atoms with Crippen LogP contribution in [0.3, 0.4) is 0 Å². The van der Waals surface area contributed by atoms with Crippen molar-refractivity contribution < 1.29 is 14.3 Å². The van der Waals surface area contributed by atoms with E-state index in [0.29, 0.717) is 22.2 Å². The molecule has 0 heterocycles. The lowest BCUT2D eigenvalue weighted by Gasteiger charge is -2.33. The van der Waals surface area contributed by atoms with E-state index in [9.17, 15) is 9.59 Å². The van der Waals surface area contributed by atoms with E-state index in [1.54, 1.807) is 29.2 Å². The van der Waals surface area contributed by atoms with E-state index >= 15 is 0 Å². The van der Waals surface area contributed by atoms with Gasteiger partial charge in [0, 0.05) is 29.1 Å². The number of hydrogen-bond acceptors (Lipinski definition) is 3. The van der Waals surface area contributed by atoms with Crippen molar-refractivity contribution in [1.29, 1.82) is 0 Å². The van der Waals surface area contributed by atoms with Crippen molar-refractivity contribution in [2.45, 2.75) is 64.1 Å². The minimum absolute atomic E-state index is 0.125. The van der Waals surface area contributed by atoms with E-state index in [1.807, 2.05) is 55.5 Å². The fourth-order valence-electron chi connectivity index (χ4n) is 4.84. The Morgan fingerprint density at radius 3 is 2.37 bits per heavy atom. The normalized spacial score (nSPS) is 14.5. The highest BCUT2D eigenvalue weighted by molar-refractivity contribution is 6.31. The molecular weight excluding hydrogens is 519 g/mol. The monoisotopic (exact) mass is 552 g/mol. The molecule has 0 saturated heterocycles. The summed E-state index contributed by atoms with van der Waals surface area (Å²) in [4.78, 5) is 29.2. The van der Waals surface area contributed by atoms with Crippen LogP contribution >= 0.6 is 23.2 Å². The number of amides is 2. The third kappa shape index (κ3) is 7.75. The molecule has 1 atom stereocenters. The van der Waals surface area contributed by atoms with Gasteiger partial charge in [-0.15, -0.1) is 0 Å². The summed E-state index contributed by atoms with van der Waals surface area (Å²) in [6.45, 7) is 1.86. The summed E-state index contributed by atoms with van der Waals surface area (Å²) in [5.41, 5.74) is 2.61. The number of aryl methyl sites for hydroxylation is 1.